The number of hydrogen-bond acceptors (Lipinski definition) is 4. The molecule has 2 N–H and O–H groups in total. The van der Waals surface area contributed by atoms with Gasteiger partial charge in [0.25, 0.3) is 0 Å². The highest BCUT2D eigenvalue weighted by Gasteiger charge is 2.03. The molecule has 0 unspecified atom stereocenters. The SMILES string of the molecule is O=C1COCCOCC(=O)NCCCCCCN1. The summed E-state index contributed by atoms with van der Waals surface area (Å²) in [6, 6.07) is 0. The van der Waals surface area contributed by atoms with Crippen LogP contribution in [0.15, 0.2) is 0 Å². The van der Waals surface area contributed by atoms with Crippen molar-refractivity contribution in [1.82, 2.24) is 10.6 Å². The van der Waals surface area contributed by atoms with Gasteiger partial charge in [-0.15, -0.1) is 0 Å². The van der Waals surface area contributed by atoms with Crippen molar-refractivity contribution in [1.29, 1.82) is 0 Å². The highest BCUT2D eigenvalue weighted by atomic mass is 16.5. The van der Waals surface area contributed by atoms with Crippen LogP contribution in [0.2, 0.25) is 0 Å². The molecule has 0 aliphatic carbocycles. The predicted molar refractivity (Wildman–Crippen MR) is 66.1 cm³/mol. The number of hydrogen-bond donors (Lipinski definition) is 2. The van der Waals surface area contributed by atoms with Gasteiger partial charge < -0.3 is 20.1 Å². The van der Waals surface area contributed by atoms with Crippen LogP contribution in [0.5, 0.6) is 0 Å². The van der Waals surface area contributed by atoms with E-state index in [-0.39, 0.29) is 25.0 Å². The molecule has 6 nitrogen and oxygen atoms in total. The molecule has 0 bridgehead atoms. The minimum atomic E-state index is -0.0974. The maximum Gasteiger partial charge on any atom is 0.245 e. The molecule has 1 fully saturated rings. The normalized spacial score (nSPS) is 22.0. The molecule has 0 spiro atoms. The van der Waals surface area contributed by atoms with Gasteiger partial charge in [0, 0.05) is 13.1 Å². The molecule has 2 amide bonds. The van der Waals surface area contributed by atoms with Gasteiger partial charge in [-0.25, -0.2) is 0 Å². The van der Waals surface area contributed by atoms with E-state index in [1.165, 1.54) is 0 Å². The number of rotatable bonds is 0. The summed E-state index contributed by atoms with van der Waals surface area (Å²) < 4.78 is 10.2. The highest BCUT2D eigenvalue weighted by Crippen LogP contribution is 1.98. The van der Waals surface area contributed by atoms with Crippen LogP contribution in [0.25, 0.3) is 0 Å². The Hall–Kier alpha value is -1.14. The molecular weight excluding hydrogens is 236 g/mol. The van der Waals surface area contributed by atoms with Gasteiger partial charge in [-0.1, -0.05) is 12.8 Å². The molecule has 1 heterocycles. The summed E-state index contributed by atoms with van der Waals surface area (Å²) in [5, 5.41) is 5.59. The second-order valence-corrected chi connectivity index (χ2v) is 4.22. The Bertz CT molecular complexity index is 232. The number of nitrogens with one attached hydrogen (secondary N) is 2. The first-order valence-electron chi connectivity index (χ1n) is 6.48. The minimum Gasteiger partial charge on any atom is -0.369 e. The third-order valence-electron chi connectivity index (χ3n) is 2.59. The summed E-state index contributed by atoms with van der Waals surface area (Å²) in [5.41, 5.74) is 0. The lowest BCUT2D eigenvalue weighted by atomic mass is 10.2. The standard InChI is InChI=1S/C12H22N2O4/c15-11-9-17-7-8-18-10-12(16)14-6-4-2-1-3-5-13-11/h1-10H2,(H,13,15)(H,14,16). The summed E-state index contributed by atoms with van der Waals surface area (Å²) in [5.74, 6) is -0.195. The van der Waals surface area contributed by atoms with Crippen LogP contribution in [0.4, 0.5) is 0 Å². The highest BCUT2D eigenvalue weighted by molar-refractivity contribution is 5.77. The first-order chi connectivity index (χ1) is 8.79. The van der Waals surface area contributed by atoms with E-state index in [2.05, 4.69) is 10.6 Å². The van der Waals surface area contributed by atoms with Crippen LogP contribution in [0, 0.1) is 0 Å². The van der Waals surface area contributed by atoms with Gasteiger partial charge in [0.15, 0.2) is 0 Å². The quantitative estimate of drug-likeness (QED) is 0.632. The maximum absolute atomic E-state index is 11.3. The van der Waals surface area contributed by atoms with Gasteiger partial charge in [-0.3, -0.25) is 9.59 Å². The Morgan fingerprint density at radius 3 is 1.61 bits per heavy atom. The third kappa shape index (κ3) is 8.03. The van der Waals surface area contributed by atoms with Crippen molar-refractivity contribution in [3.8, 4) is 0 Å². The summed E-state index contributed by atoms with van der Waals surface area (Å²) in [7, 11) is 0. The molecule has 0 aromatic rings. The van der Waals surface area contributed by atoms with Crippen molar-refractivity contribution in [2.45, 2.75) is 25.7 Å². The van der Waals surface area contributed by atoms with Crippen LogP contribution in [-0.4, -0.2) is 51.3 Å². The predicted octanol–water partition coefficient (Wildman–Crippen LogP) is -0.174. The third-order valence-corrected chi connectivity index (χ3v) is 2.59. The van der Waals surface area contributed by atoms with E-state index in [0.717, 1.165) is 25.7 Å². The van der Waals surface area contributed by atoms with Gasteiger partial charge >= 0.3 is 0 Å². The summed E-state index contributed by atoms with van der Waals surface area (Å²) >= 11 is 0. The largest absolute Gasteiger partial charge is 0.369 e. The molecule has 0 aromatic carbocycles. The number of amides is 2. The number of ether oxygens (including phenoxy) is 2. The second-order valence-electron chi connectivity index (χ2n) is 4.22. The molecular formula is C12H22N2O4. The second kappa shape index (κ2) is 9.85. The first kappa shape index (κ1) is 14.9. The Morgan fingerprint density at radius 2 is 1.17 bits per heavy atom. The van der Waals surface area contributed by atoms with E-state index in [0.29, 0.717) is 26.3 Å². The van der Waals surface area contributed by atoms with Crippen LogP contribution in [-0.2, 0) is 19.1 Å². The zero-order chi connectivity index (χ0) is 13.1. The van der Waals surface area contributed by atoms with E-state index in [1.54, 1.807) is 0 Å². The summed E-state index contributed by atoms with van der Waals surface area (Å²) in [6.07, 6.45) is 4.02. The Labute approximate surface area is 107 Å². The van der Waals surface area contributed by atoms with Crippen LogP contribution in [0.3, 0.4) is 0 Å². The van der Waals surface area contributed by atoms with Crippen molar-refractivity contribution in [2.24, 2.45) is 0 Å². The van der Waals surface area contributed by atoms with E-state index in [9.17, 15) is 9.59 Å². The van der Waals surface area contributed by atoms with Gasteiger partial charge in [-0.05, 0) is 12.8 Å². The number of carbonyl (C=O) groups is 2. The van der Waals surface area contributed by atoms with Gasteiger partial charge in [-0.2, -0.15) is 0 Å². The maximum atomic E-state index is 11.3. The van der Waals surface area contributed by atoms with Gasteiger partial charge in [0.05, 0.1) is 13.2 Å². The molecule has 18 heavy (non-hydrogen) atoms. The fraction of sp³-hybridized carbons (Fsp3) is 0.833. The fourth-order valence-electron chi connectivity index (χ4n) is 1.61. The Balaban J connectivity index is 2.21. The molecule has 1 saturated heterocycles. The fourth-order valence-corrected chi connectivity index (χ4v) is 1.61. The molecule has 6 heteroatoms. The number of carbonyl (C=O) groups excluding carboxylic acids is 2. The molecule has 1 rings (SSSR count). The van der Waals surface area contributed by atoms with Gasteiger partial charge in [0.1, 0.15) is 13.2 Å². The molecule has 1 aliphatic heterocycles. The monoisotopic (exact) mass is 258 g/mol. The van der Waals surface area contributed by atoms with E-state index < -0.39 is 0 Å². The molecule has 0 radical (unpaired) electrons. The van der Waals surface area contributed by atoms with E-state index in [1.807, 2.05) is 0 Å². The van der Waals surface area contributed by atoms with Gasteiger partial charge in [0.2, 0.25) is 11.8 Å². The lowest BCUT2D eigenvalue weighted by Gasteiger charge is -2.09. The molecule has 0 aromatic heterocycles. The van der Waals surface area contributed by atoms with Crippen molar-refractivity contribution < 1.29 is 19.1 Å². The molecule has 104 valence electrons. The zero-order valence-corrected chi connectivity index (χ0v) is 10.7. The Morgan fingerprint density at radius 1 is 0.722 bits per heavy atom. The lowest BCUT2D eigenvalue weighted by Crippen LogP contribution is -2.31. The van der Waals surface area contributed by atoms with E-state index >= 15 is 0 Å². The zero-order valence-electron chi connectivity index (χ0n) is 10.7. The molecule has 1 aliphatic rings. The summed E-state index contributed by atoms with van der Waals surface area (Å²) in [4.78, 5) is 22.6. The first-order valence-corrected chi connectivity index (χ1v) is 6.48. The average molecular weight is 258 g/mol. The van der Waals surface area contributed by atoms with Crippen LogP contribution >= 0.6 is 0 Å². The minimum absolute atomic E-state index is 0.0511. The Kier molecular flexibility index (Phi) is 8.16. The molecule has 0 saturated carbocycles. The van der Waals surface area contributed by atoms with Crippen LogP contribution < -0.4 is 10.6 Å². The van der Waals surface area contributed by atoms with Crippen molar-refractivity contribution in [3.63, 3.8) is 0 Å². The van der Waals surface area contributed by atoms with Crippen LogP contribution in [0.1, 0.15) is 25.7 Å². The summed E-state index contributed by atoms with van der Waals surface area (Å²) in [6.45, 7) is 2.11. The van der Waals surface area contributed by atoms with Crippen molar-refractivity contribution in [3.05, 3.63) is 0 Å². The topological polar surface area (TPSA) is 76.7 Å². The van der Waals surface area contributed by atoms with E-state index in [4.69, 9.17) is 9.47 Å². The average Bonchev–Trinajstić information content (AvgIpc) is 2.35. The van der Waals surface area contributed by atoms with Crippen molar-refractivity contribution >= 4 is 11.8 Å². The smallest absolute Gasteiger partial charge is 0.245 e. The lowest BCUT2D eigenvalue weighted by molar-refractivity contribution is -0.129. The molecule has 0 atom stereocenters. The van der Waals surface area contributed by atoms with Crippen molar-refractivity contribution in [2.75, 3.05) is 39.5 Å².